The summed E-state index contributed by atoms with van der Waals surface area (Å²) >= 11 is 13.6. The van der Waals surface area contributed by atoms with Crippen LogP contribution in [0.4, 0.5) is 0 Å². The van der Waals surface area contributed by atoms with Crippen molar-refractivity contribution >= 4 is 40.9 Å². The third kappa shape index (κ3) is 3.19. The van der Waals surface area contributed by atoms with E-state index in [4.69, 9.17) is 23.2 Å². The van der Waals surface area contributed by atoms with Gasteiger partial charge in [-0.05, 0) is 31.7 Å². The van der Waals surface area contributed by atoms with E-state index < -0.39 is 0 Å². The van der Waals surface area contributed by atoms with Gasteiger partial charge in [-0.3, -0.25) is 4.79 Å². The molecule has 104 valence electrons. The molecule has 1 aliphatic rings. The van der Waals surface area contributed by atoms with Crippen LogP contribution in [0.1, 0.15) is 17.9 Å². The van der Waals surface area contributed by atoms with Crippen LogP contribution in [0.15, 0.2) is 18.2 Å². The Morgan fingerprint density at radius 3 is 2.74 bits per heavy atom. The molecule has 0 radical (unpaired) electrons. The Hall–Kier alpha value is -0.420. The van der Waals surface area contributed by atoms with E-state index in [0.717, 1.165) is 12.1 Å². The molecule has 0 aromatic heterocycles. The van der Waals surface area contributed by atoms with E-state index in [9.17, 15) is 4.79 Å². The molecule has 0 aliphatic carbocycles. The van der Waals surface area contributed by atoms with Crippen LogP contribution in [0, 0.1) is 0 Å². The summed E-state index contributed by atoms with van der Waals surface area (Å²) in [5, 5.41) is 4.14. The van der Waals surface area contributed by atoms with Gasteiger partial charge in [0, 0.05) is 13.1 Å². The Kier molecular flexibility index (Phi) is 5.01. The number of rotatable bonds is 4. The molecule has 1 heterocycles. The lowest BCUT2D eigenvalue weighted by atomic mass is 10.2. The van der Waals surface area contributed by atoms with Crippen molar-refractivity contribution in [1.82, 2.24) is 10.2 Å². The SMILES string of the molecule is CNCCN1C(=O)C(C)SC1c1ccc(Cl)c(Cl)c1. The number of halogens is 2. The molecule has 2 atom stereocenters. The van der Waals surface area contributed by atoms with Crippen molar-refractivity contribution in [3.63, 3.8) is 0 Å². The quantitative estimate of drug-likeness (QED) is 0.925. The highest BCUT2D eigenvalue weighted by atomic mass is 35.5. The number of hydrogen-bond donors (Lipinski definition) is 1. The van der Waals surface area contributed by atoms with Crippen molar-refractivity contribution in [2.75, 3.05) is 20.1 Å². The summed E-state index contributed by atoms with van der Waals surface area (Å²) in [6.07, 6.45) is 0. The van der Waals surface area contributed by atoms with Gasteiger partial charge in [0.15, 0.2) is 0 Å². The van der Waals surface area contributed by atoms with Gasteiger partial charge in [-0.2, -0.15) is 0 Å². The lowest BCUT2D eigenvalue weighted by Gasteiger charge is -2.24. The number of carbonyl (C=O) groups is 1. The zero-order chi connectivity index (χ0) is 14.0. The molecule has 1 saturated heterocycles. The van der Waals surface area contributed by atoms with Crippen LogP contribution in [0.3, 0.4) is 0 Å². The van der Waals surface area contributed by atoms with E-state index in [2.05, 4.69) is 5.32 Å². The van der Waals surface area contributed by atoms with E-state index in [0.29, 0.717) is 16.6 Å². The van der Waals surface area contributed by atoms with E-state index in [1.165, 1.54) is 0 Å². The number of benzene rings is 1. The van der Waals surface area contributed by atoms with Crippen LogP contribution < -0.4 is 5.32 Å². The summed E-state index contributed by atoms with van der Waals surface area (Å²) < 4.78 is 0. The molecule has 0 bridgehead atoms. The fourth-order valence-corrected chi connectivity index (χ4v) is 3.66. The molecule has 1 N–H and O–H groups in total. The van der Waals surface area contributed by atoms with Gasteiger partial charge in [0.2, 0.25) is 5.91 Å². The molecule has 2 unspecified atom stereocenters. The highest BCUT2D eigenvalue weighted by molar-refractivity contribution is 8.01. The van der Waals surface area contributed by atoms with Gasteiger partial charge < -0.3 is 10.2 Å². The minimum absolute atomic E-state index is 0.0173. The molecule has 1 amide bonds. The number of amides is 1. The van der Waals surface area contributed by atoms with Crippen molar-refractivity contribution in [3.05, 3.63) is 33.8 Å². The second-order valence-corrected chi connectivity index (χ2v) is 6.68. The van der Waals surface area contributed by atoms with Crippen LogP contribution in [0.25, 0.3) is 0 Å². The molecule has 1 aromatic rings. The molecule has 1 aromatic carbocycles. The van der Waals surface area contributed by atoms with Crippen LogP contribution in [0.2, 0.25) is 10.0 Å². The lowest BCUT2D eigenvalue weighted by molar-refractivity contribution is -0.129. The van der Waals surface area contributed by atoms with E-state index in [-0.39, 0.29) is 16.5 Å². The van der Waals surface area contributed by atoms with Gasteiger partial charge in [-0.1, -0.05) is 29.3 Å². The third-order valence-electron chi connectivity index (χ3n) is 3.08. The molecule has 2 rings (SSSR count). The summed E-state index contributed by atoms with van der Waals surface area (Å²) in [6, 6.07) is 5.56. The second kappa shape index (κ2) is 6.35. The highest BCUT2D eigenvalue weighted by Gasteiger charge is 2.38. The summed E-state index contributed by atoms with van der Waals surface area (Å²) in [5.41, 5.74) is 1.02. The van der Waals surface area contributed by atoms with E-state index in [1.54, 1.807) is 17.8 Å². The van der Waals surface area contributed by atoms with Gasteiger partial charge in [0.1, 0.15) is 5.37 Å². The summed E-state index contributed by atoms with van der Waals surface area (Å²) in [6.45, 7) is 3.41. The molecule has 0 saturated carbocycles. The van der Waals surface area contributed by atoms with Gasteiger partial charge in [-0.15, -0.1) is 11.8 Å². The van der Waals surface area contributed by atoms with Crippen LogP contribution >= 0.6 is 35.0 Å². The molecule has 6 heteroatoms. The maximum atomic E-state index is 12.2. The fourth-order valence-electron chi connectivity index (χ4n) is 2.06. The molecule has 3 nitrogen and oxygen atoms in total. The van der Waals surface area contributed by atoms with Crippen LogP contribution in [0.5, 0.6) is 0 Å². The molecule has 19 heavy (non-hydrogen) atoms. The topological polar surface area (TPSA) is 32.3 Å². The number of nitrogens with one attached hydrogen (secondary N) is 1. The predicted molar refractivity (Wildman–Crippen MR) is 81.9 cm³/mol. The fraction of sp³-hybridized carbons (Fsp3) is 0.462. The number of nitrogens with zero attached hydrogens (tertiary/aromatic N) is 1. The molecule has 0 spiro atoms. The predicted octanol–water partition coefficient (Wildman–Crippen LogP) is 3.18. The first-order chi connectivity index (χ1) is 9.04. The Morgan fingerprint density at radius 2 is 2.11 bits per heavy atom. The standard InChI is InChI=1S/C13H16Cl2N2OS/c1-8-12(18)17(6-5-16-2)13(19-8)9-3-4-10(14)11(15)7-9/h3-4,7-8,13,16H,5-6H2,1-2H3. The Bertz CT molecular complexity index is 484. The lowest BCUT2D eigenvalue weighted by Crippen LogP contribution is -2.35. The molecular formula is C13H16Cl2N2OS. The number of likely N-dealkylation sites (N-methyl/N-ethyl adjacent to an activating group) is 1. The van der Waals surface area contributed by atoms with Crippen molar-refractivity contribution in [3.8, 4) is 0 Å². The van der Waals surface area contributed by atoms with Crippen molar-refractivity contribution in [2.24, 2.45) is 0 Å². The zero-order valence-corrected chi connectivity index (χ0v) is 13.1. The van der Waals surface area contributed by atoms with Crippen LogP contribution in [-0.2, 0) is 4.79 Å². The third-order valence-corrected chi connectivity index (χ3v) is 5.21. The van der Waals surface area contributed by atoms with Crippen molar-refractivity contribution < 1.29 is 4.79 Å². The summed E-state index contributed by atoms with van der Waals surface area (Å²) in [5.74, 6) is 0.177. The number of hydrogen-bond acceptors (Lipinski definition) is 3. The second-order valence-electron chi connectivity index (χ2n) is 4.44. The average molecular weight is 319 g/mol. The number of thioether (sulfide) groups is 1. The zero-order valence-electron chi connectivity index (χ0n) is 10.8. The first-order valence-electron chi connectivity index (χ1n) is 6.10. The molecule has 1 aliphatic heterocycles. The molecular weight excluding hydrogens is 303 g/mol. The highest BCUT2D eigenvalue weighted by Crippen LogP contribution is 2.43. The van der Waals surface area contributed by atoms with Crippen molar-refractivity contribution in [1.29, 1.82) is 0 Å². The maximum absolute atomic E-state index is 12.2. The minimum Gasteiger partial charge on any atom is -0.324 e. The first kappa shape index (κ1) is 15.0. The average Bonchev–Trinajstić information content (AvgIpc) is 2.67. The Balaban J connectivity index is 2.25. The van der Waals surface area contributed by atoms with Crippen LogP contribution in [-0.4, -0.2) is 36.2 Å². The van der Waals surface area contributed by atoms with Gasteiger partial charge in [0.25, 0.3) is 0 Å². The van der Waals surface area contributed by atoms with Gasteiger partial charge in [0.05, 0.1) is 15.3 Å². The monoisotopic (exact) mass is 318 g/mol. The summed E-state index contributed by atoms with van der Waals surface area (Å²) in [4.78, 5) is 14.1. The Labute approximate surface area is 127 Å². The largest absolute Gasteiger partial charge is 0.324 e. The van der Waals surface area contributed by atoms with Crippen molar-refractivity contribution in [2.45, 2.75) is 17.5 Å². The first-order valence-corrected chi connectivity index (χ1v) is 7.80. The molecule has 1 fully saturated rings. The maximum Gasteiger partial charge on any atom is 0.236 e. The van der Waals surface area contributed by atoms with E-state index >= 15 is 0 Å². The van der Waals surface area contributed by atoms with E-state index in [1.807, 2.05) is 31.0 Å². The summed E-state index contributed by atoms with van der Waals surface area (Å²) in [7, 11) is 1.88. The normalized spacial score (nSPS) is 23.2. The van der Waals surface area contributed by atoms with Gasteiger partial charge >= 0.3 is 0 Å². The smallest absolute Gasteiger partial charge is 0.236 e. The van der Waals surface area contributed by atoms with Gasteiger partial charge in [-0.25, -0.2) is 0 Å². The minimum atomic E-state index is -0.0173. The number of carbonyl (C=O) groups excluding carboxylic acids is 1. The Morgan fingerprint density at radius 1 is 1.37 bits per heavy atom.